The molecule has 0 fully saturated rings. The van der Waals surface area contributed by atoms with Gasteiger partial charge in [-0.15, -0.1) is 0 Å². The number of amides is 1. The van der Waals surface area contributed by atoms with E-state index in [4.69, 9.17) is 4.74 Å². The maximum absolute atomic E-state index is 13.9. The van der Waals surface area contributed by atoms with Gasteiger partial charge in [0.25, 0.3) is 5.56 Å². The van der Waals surface area contributed by atoms with Gasteiger partial charge in [0.2, 0.25) is 5.91 Å². The Morgan fingerprint density at radius 3 is 2.53 bits per heavy atom. The predicted molar refractivity (Wildman–Crippen MR) is 125 cm³/mol. The number of H-pyrrole nitrogens is 1. The summed E-state index contributed by atoms with van der Waals surface area (Å²) in [5.74, 6) is -0.0211. The lowest BCUT2D eigenvalue weighted by molar-refractivity contribution is -0.114. The Hall–Kier alpha value is -3.74. The smallest absolute Gasteiger partial charge is 0.256 e. The number of anilines is 1. The highest BCUT2D eigenvalue weighted by atomic mass is 19.1. The van der Waals surface area contributed by atoms with E-state index >= 15 is 0 Å². The fraction of sp³-hybridized carbons (Fsp3) is 0.240. The predicted octanol–water partition coefficient (Wildman–Crippen LogP) is 5.01. The van der Waals surface area contributed by atoms with Crippen molar-refractivity contribution in [2.75, 3.05) is 12.4 Å². The van der Waals surface area contributed by atoms with Gasteiger partial charge in [-0.05, 0) is 53.5 Å². The van der Waals surface area contributed by atoms with Crippen molar-refractivity contribution in [1.82, 2.24) is 9.97 Å². The summed E-state index contributed by atoms with van der Waals surface area (Å²) in [4.78, 5) is 30.3. The summed E-state index contributed by atoms with van der Waals surface area (Å²) >= 11 is 0. The van der Waals surface area contributed by atoms with Crippen molar-refractivity contribution >= 4 is 23.7 Å². The molecule has 3 aromatic rings. The first kappa shape index (κ1) is 22.9. The highest BCUT2D eigenvalue weighted by Crippen LogP contribution is 2.38. The van der Waals surface area contributed by atoms with Crippen molar-refractivity contribution in [3.05, 3.63) is 75.7 Å². The molecule has 0 radical (unpaired) electrons. The number of ether oxygens (including phenoxy) is 1. The van der Waals surface area contributed by atoms with Crippen molar-refractivity contribution in [2.45, 2.75) is 33.1 Å². The van der Waals surface area contributed by atoms with E-state index < -0.39 is 5.82 Å². The molecule has 1 amide bonds. The number of carbonyl (C=O) groups excluding carboxylic acids is 1. The normalized spacial score (nSPS) is 11.6. The molecule has 0 aliphatic heterocycles. The molecular formula is C25H26FN3O3. The Labute approximate surface area is 186 Å². The van der Waals surface area contributed by atoms with E-state index in [-0.39, 0.29) is 22.4 Å². The third-order valence-corrected chi connectivity index (χ3v) is 4.85. The molecular weight excluding hydrogens is 409 g/mol. The van der Waals surface area contributed by atoms with E-state index in [0.717, 1.165) is 17.3 Å². The zero-order valence-electron chi connectivity index (χ0n) is 18.7. The van der Waals surface area contributed by atoms with Gasteiger partial charge < -0.3 is 15.0 Å². The highest BCUT2D eigenvalue weighted by Gasteiger charge is 2.23. The third kappa shape index (κ3) is 5.29. The maximum Gasteiger partial charge on any atom is 0.256 e. The van der Waals surface area contributed by atoms with Crippen LogP contribution in [0.4, 0.5) is 10.1 Å². The van der Waals surface area contributed by atoms with E-state index in [2.05, 4.69) is 15.3 Å². The van der Waals surface area contributed by atoms with E-state index in [1.165, 1.54) is 13.0 Å². The minimum atomic E-state index is -0.520. The lowest BCUT2D eigenvalue weighted by Gasteiger charge is -2.24. The van der Waals surface area contributed by atoms with Gasteiger partial charge in [-0.2, -0.15) is 0 Å². The summed E-state index contributed by atoms with van der Waals surface area (Å²) in [6.07, 6.45) is 6.26. The first-order chi connectivity index (χ1) is 15.1. The summed E-state index contributed by atoms with van der Waals surface area (Å²) in [6, 6.07) is 8.42. The molecule has 0 spiro atoms. The number of aromatic amines is 1. The molecule has 0 saturated heterocycles. The summed E-state index contributed by atoms with van der Waals surface area (Å²) in [6.45, 7) is 7.56. The van der Waals surface area contributed by atoms with E-state index in [9.17, 15) is 14.0 Å². The van der Waals surface area contributed by atoms with Gasteiger partial charge in [-0.1, -0.05) is 20.8 Å². The maximum atomic E-state index is 13.9. The largest absolute Gasteiger partial charge is 0.496 e. The topological polar surface area (TPSA) is 84.1 Å². The van der Waals surface area contributed by atoms with Gasteiger partial charge in [-0.25, -0.2) is 4.39 Å². The molecule has 1 aromatic carbocycles. The van der Waals surface area contributed by atoms with Crippen LogP contribution in [-0.4, -0.2) is 23.0 Å². The summed E-state index contributed by atoms with van der Waals surface area (Å²) in [5.41, 5.74) is 3.06. The van der Waals surface area contributed by atoms with Crippen molar-refractivity contribution < 1.29 is 13.9 Å². The number of nitrogens with zero attached hydrogens (tertiary/aromatic N) is 1. The molecule has 0 unspecified atom stereocenters. The fourth-order valence-electron chi connectivity index (χ4n) is 3.34. The molecule has 6 nitrogen and oxygen atoms in total. The summed E-state index contributed by atoms with van der Waals surface area (Å²) in [5, 5.41) is 2.67. The van der Waals surface area contributed by atoms with Crippen LogP contribution in [0.25, 0.3) is 23.3 Å². The molecule has 3 rings (SSSR count). The number of nitrogens with one attached hydrogen (secondary N) is 2. The number of halogens is 1. The Morgan fingerprint density at radius 1 is 1.19 bits per heavy atom. The first-order valence-corrected chi connectivity index (χ1v) is 10.1. The van der Waals surface area contributed by atoms with Gasteiger partial charge in [0.1, 0.15) is 11.6 Å². The van der Waals surface area contributed by atoms with Crippen molar-refractivity contribution in [1.29, 1.82) is 0 Å². The summed E-state index contributed by atoms with van der Waals surface area (Å²) in [7, 11) is 1.59. The molecule has 0 atom stereocenters. The van der Waals surface area contributed by atoms with E-state index in [1.54, 1.807) is 37.6 Å². The second kappa shape index (κ2) is 9.18. The number of hydrogen-bond acceptors (Lipinski definition) is 4. The summed E-state index contributed by atoms with van der Waals surface area (Å²) < 4.78 is 19.6. The lowest BCUT2D eigenvalue weighted by Crippen LogP contribution is -2.15. The second-order valence-electron chi connectivity index (χ2n) is 8.44. The fourth-order valence-corrected chi connectivity index (χ4v) is 3.34. The molecule has 2 heterocycles. The van der Waals surface area contributed by atoms with Gasteiger partial charge in [0.05, 0.1) is 24.7 Å². The molecule has 166 valence electrons. The number of hydrogen-bond donors (Lipinski definition) is 2. The number of carbonyl (C=O) groups is 1. The average Bonchev–Trinajstić information content (AvgIpc) is 2.73. The van der Waals surface area contributed by atoms with E-state index in [0.29, 0.717) is 22.7 Å². The minimum absolute atomic E-state index is 0.168. The Morgan fingerprint density at radius 2 is 1.94 bits per heavy atom. The number of aromatic nitrogens is 2. The molecule has 0 saturated carbocycles. The number of methoxy groups -OCH3 is 1. The van der Waals surface area contributed by atoms with Gasteiger partial charge in [-0.3, -0.25) is 14.6 Å². The third-order valence-electron chi connectivity index (χ3n) is 4.85. The van der Waals surface area contributed by atoms with Gasteiger partial charge >= 0.3 is 0 Å². The second-order valence-corrected chi connectivity index (χ2v) is 8.44. The molecule has 32 heavy (non-hydrogen) atoms. The highest BCUT2D eigenvalue weighted by molar-refractivity contribution is 5.88. The van der Waals surface area contributed by atoms with Crippen LogP contribution < -0.4 is 15.6 Å². The molecule has 7 heteroatoms. The van der Waals surface area contributed by atoms with Crippen molar-refractivity contribution in [3.8, 4) is 16.9 Å². The monoisotopic (exact) mass is 435 g/mol. The quantitative estimate of drug-likeness (QED) is 0.590. The number of pyridine rings is 2. The Balaban J connectivity index is 2.11. The van der Waals surface area contributed by atoms with Crippen LogP contribution in [0.3, 0.4) is 0 Å². The Bertz CT molecular complexity index is 1220. The zero-order valence-corrected chi connectivity index (χ0v) is 18.7. The molecule has 2 aromatic heterocycles. The van der Waals surface area contributed by atoms with Crippen LogP contribution in [0.1, 0.15) is 44.5 Å². The average molecular weight is 435 g/mol. The minimum Gasteiger partial charge on any atom is -0.496 e. The van der Waals surface area contributed by atoms with Crippen LogP contribution in [0.5, 0.6) is 5.75 Å². The molecule has 2 N–H and O–H groups in total. The SMILES string of the molecule is COc1c(C=Cc2ccc(NC(C)=O)cn2)cc(-c2cc(F)c[nH]c2=O)cc1C(C)(C)C. The van der Waals surface area contributed by atoms with Crippen LogP contribution in [0.2, 0.25) is 0 Å². The first-order valence-electron chi connectivity index (χ1n) is 10.1. The van der Waals surface area contributed by atoms with Crippen LogP contribution in [0.15, 0.2) is 47.5 Å². The molecule has 0 bridgehead atoms. The van der Waals surface area contributed by atoms with Crippen LogP contribution >= 0.6 is 0 Å². The Kier molecular flexibility index (Phi) is 6.58. The zero-order chi connectivity index (χ0) is 23.5. The van der Waals surface area contributed by atoms with Crippen LogP contribution in [-0.2, 0) is 10.2 Å². The standard InChI is InChI=1S/C25H26FN3O3/c1-15(30)29-20-9-8-19(27-14-20)7-6-16-10-17(21-12-18(26)13-28-24(21)31)11-22(23(16)32-5)25(2,3)4/h6-14H,1-5H3,(H,28,31)(H,29,30). The van der Waals surface area contributed by atoms with Gasteiger partial charge in [0, 0.05) is 29.8 Å². The lowest BCUT2D eigenvalue weighted by atomic mass is 9.83. The van der Waals surface area contributed by atoms with Crippen LogP contribution in [0, 0.1) is 5.82 Å². The molecule has 0 aliphatic carbocycles. The molecule has 0 aliphatic rings. The van der Waals surface area contributed by atoms with Gasteiger partial charge in [0.15, 0.2) is 0 Å². The number of benzene rings is 1. The number of rotatable bonds is 5. The van der Waals surface area contributed by atoms with Crippen molar-refractivity contribution in [2.24, 2.45) is 0 Å². The van der Waals surface area contributed by atoms with Crippen molar-refractivity contribution in [3.63, 3.8) is 0 Å². The van der Waals surface area contributed by atoms with E-state index in [1.807, 2.05) is 32.9 Å².